The summed E-state index contributed by atoms with van der Waals surface area (Å²) in [7, 11) is 0. The lowest BCUT2D eigenvalue weighted by molar-refractivity contribution is -0.141. The van der Waals surface area contributed by atoms with E-state index >= 15 is 0 Å². The monoisotopic (exact) mass is 413 g/mol. The smallest absolute Gasteiger partial charge is 0.422 e. The molecule has 1 aromatic carbocycles. The number of nitriles is 3. The van der Waals surface area contributed by atoms with Crippen LogP contribution in [0.2, 0.25) is 0 Å². The third kappa shape index (κ3) is 3.01. The number of rotatable bonds is 0. The first-order valence-corrected chi connectivity index (χ1v) is 7.37. The van der Waals surface area contributed by atoms with Gasteiger partial charge in [0.2, 0.25) is 11.8 Å². The lowest BCUT2D eigenvalue weighted by Gasteiger charge is -2.18. The maximum atomic E-state index is 13.7. The van der Waals surface area contributed by atoms with Gasteiger partial charge in [-0.25, -0.2) is 0 Å². The van der Waals surface area contributed by atoms with Crippen LogP contribution < -0.4 is 20.1 Å². The first kappa shape index (κ1) is 19.7. The number of halogens is 6. The van der Waals surface area contributed by atoms with Gasteiger partial charge >= 0.3 is 12.4 Å². The highest BCUT2D eigenvalue weighted by Gasteiger charge is 2.52. The summed E-state index contributed by atoms with van der Waals surface area (Å²) in [6.45, 7) is 1.13. The fraction of sp³-hybridized carbons (Fsp3) is 0.188. The minimum atomic E-state index is -5.22. The molecule has 7 nitrogen and oxygen atoms in total. The van der Waals surface area contributed by atoms with E-state index in [0.29, 0.717) is 0 Å². The maximum Gasteiger partial charge on any atom is 0.422 e. The van der Waals surface area contributed by atoms with Gasteiger partial charge < -0.3 is 20.1 Å². The van der Waals surface area contributed by atoms with Gasteiger partial charge in [-0.05, 0) is 6.92 Å². The Bertz CT molecular complexity index is 1050. The van der Waals surface area contributed by atoms with Gasteiger partial charge in [0.25, 0.3) is 0 Å². The van der Waals surface area contributed by atoms with E-state index in [-0.39, 0.29) is 5.57 Å². The number of ether oxygens (including phenoxy) is 2. The third-order valence-corrected chi connectivity index (χ3v) is 3.82. The maximum absolute atomic E-state index is 13.7. The fourth-order valence-corrected chi connectivity index (χ4v) is 2.63. The lowest BCUT2D eigenvalue weighted by atomic mass is 10.0. The average Bonchev–Trinajstić information content (AvgIpc) is 3.21. The largest absolute Gasteiger partial charge is 0.437 e. The summed E-state index contributed by atoms with van der Waals surface area (Å²) in [5.41, 5.74) is -6.75. The molecule has 0 aliphatic carbocycles. The van der Waals surface area contributed by atoms with Crippen LogP contribution in [0.1, 0.15) is 18.1 Å². The Morgan fingerprint density at radius 1 is 0.759 bits per heavy atom. The summed E-state index contributed by atoms with van der Waals surface area (Å²) in [5, 5.41) is 30.5. The van der Waals surface area contributed by atoms with E-state index in [1.807, 2.05) is 10.6 Å². The van der Waals surface area contributed by atoms with Crippen molar-refractivity contribution in [1.82, 2.24) is 0 Å². The molecule has 0 unspecified atom stereocenters. The van der Waals surface area contributed by atoms with E-state index in [1.54, 1.807) is 6.07 Å². The Labute approximate surface area is 157 Å². The first-order valence-electron chi connectivity index (χ1n) is 7.37. The number of anilines is 2. The molecule has 3 rings (SSSR count). The molecular weight excluding hydrogens is 408 g/mol. The zero-order chi connectivity index (χ0) is 21.7. The molecule has 0 saturated heterocycles. The average molecular weight is 413 g/mol. The zero-order valence-corrected chi connectivity index (χ0v) is 13.9. The normalized spacial score (nSPS) is 16.1. The van der Waals surface area contributed by atoms with Crippen LogP contribution in [-0.4, -0.2) is 0 Å². The van der Waals surface area contributed by atoms with Crippen molar-refractivity contribution in [3.63, 3.8) is 0 Å². The predicted molar refractivity (Wildman–Crippen MR) is 81.5 cm³/mol. The van der Waals surface area contributed by atoms with Gasteiger partial charge in [-0.3, -0.25) is 0 Å². The van der Waals surface area contributed by atoms with Gasteiger partial charge in [0, 0.05) is 0 Å². The van der Waals surface area contributed by atoms with E-state index in [0.717, 1.165) is 6.92 Å². The molecule has 0 aromatic heterocycles. The number of fused-ring (bicyclic) bond motifs is 2. The molecule has 1 aromatic rings. The number of benzene rings is 1. The summed E-state index contributed by atoms with van der Waals surface area (Å²) in [6, 6.07) is 4.18. The van der Waals surface area contributed by atoms with Crippen LogP contribution in [-0.2, 0) is 12.4 Å². The molecule has 2 aliphatic rings. The van der Waals surface area contributed by atoms with Gasteiger partial charge in [-0.2, -0.15) is 42.1 Å². The Kier molecular flexibility index (Phi) is 4.24. The molecule has 29 heavy (non-hydrogen) atoms. The van der Waals surface area contributed by atoms with Crippen molar-refractivity contribution in [1.29, 1.82) is 15.8 Å². The molecule has 2 N–H and O–H groups in total. The van der Waals surface area contributed by atoms with Crippen molar-refractivity contribution in [2.24, 2.45) is 0 Å². The van der Waals surface area contributed by atoms with Crippen molar-refractivity contribution < 1.29 is 35.8 Å². The Hall–Kier alpha value is -4.05. The summed E-state index contributed by atoms with van der Waals surface area (Å²) in [5.74, 6) is -3.99. The number of nitrogens with zero attached hydrogens (tertiary/aromatic N) is 3. The van der Waals surface area contributed by atoms with E-state index in [9.17, 15) is 26.3 Å². The van der Waals surface area contributed by atoms with Crippen molar-refractivity contribution in [3.8, 4) is 29.7 Å². The Morgan fingerprint density at radius 2 is 1.17 bits per heavy atom. The molecule has 148 valence electrons. The minimum Gasteiger partial charge on any atom is -0.437 e. The second-order valence-electron chi connectivity index (χ2n) is 5.60. The summed E-state index contributed by atoms with van der Waals surface area (Å²) >= 11 is 0. The van der Waals surface area contributed by atoms with Crippen molar-refractivity contribution in [3.05, 3.63) is 34.0 Å². The molecule has 0 fully saturated rings. The second kappa shape index (κ2) is 6.24. The van der Waals surface area contributed by atoms with Crippen LogP contribution in [0.5, 0.6) is 11.5 Å². The van der Waals surface area contributed by atoms with Crippen LogP contribution in [0, 0.1) is 34.0 Å². The van der Waals surface area contributed by atoms with Gasteiger partial charge in [0.1, 0.15) is 34.6 Å². The van der Waals surface area contributed by atoms with Gasteiger partial charge in [0.05, 0.1) is 11.6 Å². The fourth-order valence-electron chi connectivity index (χ4n) is 2.63. The zero-order valence-electron chi connectivity index (χ0n) is 13.9. The SMILES string of the molecule is C/C(C#N)=C1\Nc2c(c(C(F)(F)F)c3c(c2C(F)(F)F)OC(=C(C#N)C#N)N3)O1. The van der Waals surface area contributed by atoms with E-state index in [1.165, 1.54) is 12.1 Å². The molecule has 0 radical (unpaired) electrons. The van der Waals surface area contributed by atoms with Gasteiger partial charge in [-0.15, -0.1) is 0 Å². The summed E-state index contributed by atoms with van der Waals surface area (Å²) < 4.78 is 92.0. The summed E-state index contributed by atoms with van der Waals surface area (Å²) in [6.07, 6.45) is -10.4. The second-order valence-corrected chi connectivity index (χ2v) is 5.60. The summed E-state index contributed by atoms with van der Waals surface area (Å²) in [4.78, 5) is 0. The van der Waals surface area contributed by atoms with Crippen molar-refractivity contribution in [2.45, 2.75) is 19.3 Å². The molecule has 0 bridgehead atoms. The highest BCUT2D eigenvalue weighted by Crippen LogP contribution is 2.60. The van der Waals surface area contributed by atoms with Gasteiger partial charge in [0.15, 0.2) is 17.1 Å². The standard InChI is InChI=1S/C16H5F6N5O2/c1-5(2-23)13-26-9-7(15(17,18)19)12-10(8(11(9)28-13)16(20,21)22)27-14(29-12)6(3-24)4-25/h26-27H,1H3/b13-5-. The lowest BCUT2D eigenvalue weighted by Crippen LogP contribution is -2.13. The van der Waals surface area contributed by atoms with Gasteiger partial charge in [-0.1, -0.05) is 0 Å². The molecule has 0 spiro atoms. The predicted octanol–water partition coefficient (Wildman–Crippen LogP) is 4.35. The van der Waals surface area contributed by atoms with Crippen LogP contribution in [0.3, 0.4) is 0 Å². The highest BCUT2D eigenvalue weighted by atomic mass is 19.4. The van der Waals surface area contributed by atoms with Crippen molar-refractivity contribution >= 4 is 11.4 Å². The number of alkyl halides is 6. The molecule has 2 heterocycles. The van der Waals surface area contributed by atoms with Crippen LogP contribution in [0.15, 0.2) is 22.9 Å². The number of nitrogens with one attached hydrogen (secondary N) is 2. The molecule has 2 aliphatic heterocycles. The molecular formula is C16H5F6N5O2. The van der Waals surface area contributed by atoms with E-state index in [2.05, 4.69) is 0 Å². The third-order valence-electron chi connectivity index (χ3n) is 3.82. The minimum absolute atomic E-state index is 0.298. The number of hydrogen-bond donors (Lipinski definition) is 2. The molecule has 13 heteroatoms. The quantitative estimate of drug-likeness (QED) is 0.480. The molecule has 0 atom stereocenters. The number of allylic oxidation sites excluding steroid dienone is 2. The van der Waals surface area contributed by atoms with Crippen LogP contribution in [0.25, 0.3) is 0 Å². The van der Waals surface area contributed by atoms with E-state index < -0.39 is 63.7 Å². The molecule has 0 amide bonds. The number of hydrogen-bond acceptors (Lipinski definition) is 7. The van der Waals surface area contributed by atoms with Crippen molar-refractivity contribution in [2.75, 3.05) is 10.6 Å². The topological polar surface area (TPSA) is 114 Å². The first-order chi connectivity index (χ1) is 13.4. The van der Waals surface area contributed by atoms with E-state index in [4.69, 9.17) is 25.3 Å². The Balaban J connectivity index is 2.42. The Morgan fingerprint density at radius 3 is 1.55 bits per heavy atom. The molecule has 0 saturated carbocycles. The van der Waals surface area contributed by atoms with Crippen LogP contribution >= 0.6 is 0 Å². The van der Waals surface area contributed by atoms with Crippen LogP contribution in [0.4, 0.5) is 37.7 Å². The highest BCUT2D eigenvalue weighted by molar-refractivity contribution is 5.87.